The Labute approximate surface area is 89.5 Å². The summed E-state index contributed by atoms with van der Waals surface area (Å²) < 4.78 is 0. The van der Waals surface area contributed by atoms with Crippen LogP contribution in [0.5, 0.6) is 0 Å². The second-order valence-corrected chi connectivity index (χ2v) is 3.60. The van der Waals surface area contributed by atoms with E-state index in [1.54, 1.807) is 19.1 Å². The molecule has 0 aliphatic rings. The second-order valence-electron chi connectivity index (χ2n) is 3.60. The van der Waals surface area contributed by atoms with Crippen molar-refractivity contribution in [1.29, 1.82) is 0 Å². The van der Waals surface area contributed by atoms with Crippen LogP contribution in [0.3, 0.4) is 0 Å². The van der Waals surface area contributed by atoms with Gasteiger partial charge in [0.15, 0.2) is 0 Å². The number of hydrogen-bond donors (Lipinski definition) is 2. The molecule has 1 aromatic carbocycles. The van der Waals surface area contributed by atoms with Crippen LogP contribution in [-0.2, 0) is 11.2 Å². The van der Waals surface area contributed by atoms with Crippen molar-refractivity contribution in [3.8, 4) is 0 Å². The van der Waals surface area contributed by atoms with Crippen LogP contribution in [0.2, 0.25) is 0 Å². The van der Waals surface area contributed by atoms with Gasteiger partial charge < -0.3 is 5.11 Å². The summed E-state index contributed by atoms with van der Waals surface area (Å²) in [6.45, 7) is 0. The lowest BCUT2D eigenvalue weighted by atomic mass is 10.1. The second kappa shape index (κ2) is 5.48. The zero-order valence-electron chi connectivity index (χ0n) is 8.97. The first-order valence-corrected chi connectivity index (χ1v) is 4.80. The number of nitrogens with zero attached hydrogens (tertiary/aromatic N) is 1. The van der Waals surface area contributed by atoms with Crippen LogP contribution in [0.25, 0.3) is 0 Å². The summed E-state index contributed by atoms with van der Waals surface area (Å²) >= 11 is 0. The number of nitrogens with one attached hydrogen (secondary N) is 1. The monoisotopic (exact) mass is 208 g/mol. The van der Waals surface area contributed by atoms with Crippen molar-refractivity contribution < 1.29 is 9.90 Å². The molecule has 0 radical (unpaired) electrons. The Bertz CT molecular complexity index is 312. The lowest BCUT2D eigenvalue weighted by molar-refractivity contribution is -0.140. The van der Waals surface area contributed by atoms with Gasteiger partial charge in [-0.05, 0) is 12.0 Å². The fourth-order valence-electron chi connectivity index (χ4n) is 1.35. The van der Waals surface area contributed by atoms with Crippen LogP contribution in [0.1, 0.15) is 5.56 Å². The Balaban J connectivity index is 2.63. The molecule has 1 atom stereocenters. The molecular formula is C11H16N2O2. The minimum Gasteiger partial charge on any atom is -0.480 e. The van der Waals surface area contributed by atoms with Crippen molar-refractivity contribution in [2.24, 2.45) is 0 Å². The highest BCUT2D eigenvalue weighted by atomic mass is 16.4. The normalized spacial score (nSPS) is 12.7. The van der Waals surface area contributed by atoms with Gasteiger partial charge >= 0.3 is 5.97 Å². The highest BCUT2D eigenvalue weighted by molar-refractivity contribution is 5.73. The van der Waals surface area contributed by atoms with Crippen molar-refractivity contribution in [2.75, 3.05) is 14.1 Å². The molecule has 82 valence electrons. The molecule has 0 spiro atoms. The molecule has 0 aromatic heterocycles. The summed E-state index contributed by atoms with van der Waals surface area (Å²) in [5.74, 6) is -0.840. The third kappa shape index (κ3) is 4.10. The van der Waals surface area contributed by atoms with Crippen LogP contribution >= 0.6 is 0 Å². The van der Waals surface area contributed by atoms with Gasteiger partial charge in [-0.25, -0.2) is 10.4 Å². The first kappa shape index (κ1) is 11.7. The Hall–Kier alpha value is -1.39. The summed E-state index contributed by atoms with van der Waals surface area (Å²) in [6, 6.07) is 9.00. The standard InChI is InChI=1S/C11H16N2O2/c1-13(2)12-10(11(14)15)8-9-6-4-3-5-7-9/h3-7,10,12H,8H2,1-2H3,(H,14,15)/t10-/m0/s1. The zero-order valence-corrected chi connectivity index (χ0v) is 8.97. The van der Waals surface area contributed by atoms with E-state index in [0.29, 0.717) is 6.42 Å². The highest BCUT2D eigenvalue weighted by Crippen LogP contribution is 2.03. The van der Waals surface area contributed by atoms with Crippen LogP contribution < -0.4 is 5.43 Å². The lowest BCUT2D eigenvalue weighted by Gasteiger charge is -2.19. The third-order valence-corrected chi connectivity index (χ3v) is 1.99. The molecule has 1 aromatic rings. The predicted octanol–water partition coefficient (Wildman–Crippen LogP) is 0.748. The van der Waals surface area contributed by atoms with Crippen molar-refractivity contribution in [3.63, 3.8) is 0 Å². The number of carboxylic acid groups (broad SMARTS) is 1. The summed E-state index contributed by atoms with van der Waals surface area (Å²) in [6.07, 6.45) is 0.481. The maximum Gasteiger partial charge on any atom is 0.322 e. The number of hydrazine groups is 1. The smallest absolute Gasteiger partial charge is 0.322 e. The van der Waals surface area contributed by atoms with E-state index >= 15 is 0 Å². The van der Waals surface area contributed by atoms with Gasteiger partial charge in [0.05, 0.1) is 0 Å². The number of benzene rings is 1. The molecule has 0 bridgehead atoms. The number of rotatable bonds is 5. The average Bonchev–Trinajstić information content (AvgIpc) is 2.17. The molecule has 0 unspecified atom stereocenters. The highest BCUT2D eigenvalue weighted by Gasteiger charge is 2.17. The molecule has 0 aliphatic carbocycles. The first-order valence-electron chi connectivity index (χ1n) is 4.80. The van der Waals surface area contributed by atoms with Gasteiger partial charge in [0.2, 0.25) is 0 Å². The summed E-state index contributed by atoms with van der Waals surface area (Å²) in [5.41, 5.74) is 3.87. The lowest BCUT2D eigenvalue weighted by Crippen LogP contribution is -2.45. The molecule has 0 amide bonds. The van der Waals surface area contributed by atoms with E-state index < -0.39 is 12.0 Å². The maximum absolute atomic E-state index is 11.0. The molecular weight excluding hydrogens is 192 g/mol. The van der Waals surface area contributed by atoms with E-state index in [1.807, 2.05) is 30.3 Å². The quantitative estimate of drug-likeness (QED) is 0.701. The van der Waals surface area contributed by atoms with E-state index in [-0.39, 0.29) is 0 Å². The molecule has 0 saturated carbocycles. The van der Waals surface area contributed by atoms with Crippen LogP contribution in [0.4, 0.5) is 0 Å². The largest absolute Gasteiger partial charge is 0.480 e. The Morgan fingerprint density at radius 2 is 2.00 bits per heavy atom. The Morgan fingerprint density at radius 1 is 1.40 bits per heavy atom. The van der Waals surface area contributed by atoms with E-state index in [1.165, 1.54) is 0 Å². The summed E-state index contributed by atoms with van der Waals surface area (Å²) in [7, 11) is 3.56. The van der Waals surface area contributed by atoms with Crippen LogP contribution in [-0.4, -0.2) is 36.2 Å². The first-order chi connectivity index (χ1) is 7.09. The molecule has 1 rings (SSSR count). The van der Waals surface area contributed by atoms with Crippen molar-refractivity contribution in [1.82, 2.24) is 10.4 Å². The topological polar surface area (TPSA) is 52.6 Å². The molecule has 0 fully saturated rings. The van der Waals surface area contributed by atoms with Gasteiger partial charge in [0.25, 0.3) is 0 Å². The predicted molar refractivity (Wildman–Crippen MR) is 58.4 cm³/mol. The van der Waals surface area contributed by atoms with Crippen molar-refractivity contribution in [3.05, 3.63) is 35.9 Å². The SMILES string of the molecule is CN(C)N[C@@H](Cc1ccccc1)C(=O)O. The van der Waals surface area contributed by atoms with E-state index in [9.17, 15) is 4.79 Å². The molecule has 15 heavy (non-hydrogen) atoms. The maximum atomic E-state index is 11.0. The molecule has 2 N–H and O–H groups in total. The Kier molecular flexibility index (Phi) is 4.27. The minimum absolute atomic E-state index is 0.481. The van der Waals surface area contributed by atoms with Gasteiger partial charge in [-0.3, -0.25) is 4.79 Å². The molecule has 0 saturated heterocycles. The van der Waals surface area contributed by atoms with E-state index in [0.717, 1.165) is 5.56 Å². The minimum atomic E-state index is -0.840. The van der Waals surface area contributed by atoms with Gasteiger partial charge in [0.1, 0.15) is 6.04 Å². The molecule has 0 aliphatic heterocycles. The number of carbonyl (C=O) groups is 1. The van der Waals surface area contributed by atoms with Gasteiger partial charge in [-0.1, -0.05) is 30.3 Å². The van der Waals surface area contributed by atoms with Gasteiger partial charge in [0, 0.05) is 14.1 Å². The average molecular weight is 208 g/mol. The number of hydrogen-bond acceptors (Lipinski definition) is 3. The fraction of sp³-hybridized carbons (Fsp3) is 0.364. The molecule has 4 nitrogen and oxygen atoms in total. The van der Waals surface area contributed by atoms with Crippen LogP contribution in [0, 0.1) is 0 Å². The van der Waals surface area contributed by atoms with E-state index in [4.69, 9.17) is 5.11 Å². The van der Waals surface area contributed by atoms with Crippen LogP contribution in [0.15, 0.2) is 30.3 Å². The number of carboxylic acids is 1. The zero-order chi connectivity index (χ0) is 11.3. The molecule has 4 heteroatoms. The molecule has 0 heterocycles. The summed E-state index contributed by atoms with van der Waals surface area (Å²) in [4.78, 5) is 11.0. The summed E-state index contributed by atoms with van der Waals surface area (Å²) in [5, 5.41) is 10.6. The Morgan fingerprint density at radius 3 is 2.47 bits per heavy atom. The van der Waals surface area contributed by atoms with Crippen molar-refractivity contribution >= 4 is 5.97 Å². The van der Waals surface area contributed by atoms with Gasteiger partial charge in [-0.15, -0.1) is 0 Å². The van der Waals surface area contributed by atoms with E-state index in [2.05, 4.69) is 5.43 Å². The fourth-order valence-corrected chi connectivity index (χ4v) is 1.35. The van der Waals surface area contributed by atoms with Crippen molar-refractivity contribution in [2.45, 2.75) is 12.5 Å². The number of aliphatic carboxylic acids is 1. The third-order valence-electron chi connectivity index (χ3n) is 1.99. The van der Waals surface area contributed by atoms with Gasteiger partial charge in [-0.2, -0.15) is 0 Å².